The molecule has 1 aliphatic carbocycles. The van der Waals surface area contributed by atoms with Crippen LogP contribution in [0, 0.1) is 0 Å². The molecule has 2 aliphatic rings. The van der Waals surface area contributed by atoms with Gasteiger partial charge in [-0.3, -0.25) is 4.79 Å². The van der Waals surface area contributed by atoms with Crippen molar-refractivity contribution in [2.75, 3.05) is 11.4 Å². The molecule has 0 saturated heterocycles. The fourth-order valence-corrected chi connectivity index (χ4v) is 3.52. The summed E-state index contributed by atoms with van der Waals surface area (Å²) in [7, 11) is 0. The average molecular weight is 272 g/mol. The van der Waals surface area contributed by atoms with Gasteiger partial charge in [-0.2, -0.15) is 0 Å². The molecule has 3 nitrogen and oxygen atoms in total. The Hall–Kier alpha value is -1.35. The molecule has 20 heavy (non-hydrogen) atoms. The fourth-order valence-electron chi connectivity index (χ4n) is 3.52. The number of fused-ring (bicyclic) bond motifs is 1. The van der Waals surface area contributed by atoms with Crippen LogP contribution in [0.1, 0.15) is 44.6 Å². The highest BCUT2D eigenvalue weighted by Crippen LogP contribution is 2.30. The molecule has 0 aromatic heterocycles. The van der Waals surface area contributed by atoms with Gasteiger partial charge in [0.25, 0.3) is 0 Å². The number of carbonyl (C=O) groups is 1. The Morgan fingerprint density at radius 1 is 1.25 bits per heavy atom. The van der Waals surface area contributed by atoms with E-state index in [1.54, 1.807) is 0 Å². The van der Waals surface area contributed by atoms with Gasteiger partial charge in [0.15, 0.2) is 0 Å². The second-order valence-corrected chi connectivity index (χ2v) is 6.14. The third-order valence-electron chi connectivity index (χ3n) is 4.69. The van der Waals surface area contributed by atoms with Crippen molar-refractivity contribution in [1.29, 1.82) is 0 Å². The number of benzene rings is 1. The number of para-hydroxylation sites is 1. The van der Waals surface area contributed by atoms with Crippen molar-refractivity contribution in [3.8, 4) is 0 Å². The quantitative estimate of drug-likeness (QED) is 0.917. The molecule has 1 heterocycles. The van der Waals surface area contributed by atoms with Crippen LogP contribution in [0.3, 0.4) is 0 Å². The van der Waals surface area contributed by atoms with Crippen LogP contribution < -0.4 is 10.2 Å². The molecule has 1 atom stereocenters. The van der Waals surface area contributed by atoms with Crippen LogP contribution in [0.25, 0.3) is 0 Å². The number of anilines is 1. The smallest absolute Gasteiger partial charge is 0.241 e. The Kier molecular flexibility index (Phi) is 4.06. The largest absolute Gasteiger partial charge is 0.308 e. The molecule has 108 valence electrons. The van der Waals surface area contributed by atoms with E-state index >= 15 is 0 Å². The number of rotatable bonds is 3. The van der Waals surface area contributed by atoms with Crippen molar-refractivity contribution in [3.05, 3.63) is 29.8 Å². The van der Waals surface area contributed by atoms with Crippen molar-refractivity contribution >= 4 is 11.6 Å². The average Bonchev–Trinajstić information content (AvgIpc) is 2.98. The van der Waals surface area contributed by atoms with Gasteiger partial charge in [-0.25, -0.2) is 0 Å². The van der Waals surface area contributed by atoms with Crippen LogP contribution in [0.5, 0.6) is 0 Å². The van der Waals surface area contributed by atoms with Crippen molar-refractivity contribution in [2.45, 2.75) is 57.5 Å². The van der Waals surface area contributed by atoms with Crippen molar-refractivity contribution in [2.24, 2.45) is 0 Å². The zero-order valence-corrected chi connectivity index (χ0v) is 12.3. The highest BCUT2D eigenvalue weighted by atomic mass is 16.2. The Balaban J connectivity index is 1.69. The molecule has 1 aliphatic heterocycles. The Labute approximate surface area is 121 Å². The molecule has 1 amide bonds. The molecule has 1 saturated carbocycles. The summed E-state index contributed by atoms with van der Waals surface area (Å²) in [6.45, 7) is 2.63. The molecule has 1 fully saturated rings. The Morgan fingerprint density at radius 2 is 2.00 bits per heavy atom. The normalized spacial score (nSPS) is 22.9. The summed E-state index contributed by atoms with van der Waals surface area (Å²) in [5.74, 6) is 0.219. The van der Waals surface area contributed by atoms with E-state index in [4.69, 9.17) is 0 Å². The molecule has 0 spiro atoms. The summed E-state index contributed by atoms with van der Waals surface area (Å²) in [4.78, 5) is 14.6. The van der Waals surface area contributed by atoms with Crippen LogP contribution in [-0.2, 0) is 11.2 Å². The van der Waals surface area contributed by atoms with E-state index in [0.29, 0.717) is 18.6 Å². The van der Waals surface area contributed by atoms with Crippen molar-refractivity contribution in [1.82, 2.24) is 5.32 Å². The first-order valence-corrected chi connectivity index (χ1v) is 7.89. The standard InChI is InChI=1S/C17H24N2O/c1-13-10-11-14-6-2-5-9-16(14)19(13)17(20)12-18-15-7-3-4-8-15/h2,5-6,9,13,15,18H,3-4,7-8,10-12H2,1H3. The monoisotopic (exact) mass is 272 g/mol. The zero-order chi connectivity index (χ0) is 13.9. The predicted molar refractivity (Wildman–Crippen MR) is 82.0 cm³/mol. The molecule has 3 heteroatoms. The second kappa shape index (κ2) is 5.96. The summed E-state index contributed by atoms with van der Waals surface area (Å²) < 4.78 is 0. The van der Waals surface area contributed by atoms with Crippen LogP contribution in [0.15, 0.2) is 24.3 Å². The van der Waals surface area contributed by atoms with Gasteiger partial charge < -0.3 is 10.2 Å². The number of carbonyl (C=O) groups excluding carboxylic acids is 1. The minimum Gasteiger partial charge on any atom is -0.308 e. The summed E-state index contributed by atoms with van der Waals surface area (Å²) in [6, 6.07) is 9.18. The lowest BCUT2D eigenvalue weighted by Crippen LogP contribution is -2.47. The van der Waals surface area contributed by atoms with Crippen LogP contribution >= 0.6 is 0 Å². The highest BCUT2D eigenvalue weighted by Gasteiger charge is 2.28. The SMILES string of the molecule is CC1CCc2ccccc2N1C(=O)CNC1CCCC1. The summed E-state index contributed by atoms with van der Waals surface area (Å²) >= 11 is 0. The number of aryl methyl sites for hydroxylation is 1. The molecule has 0 bridgehead atoms. The van der Waals surface area contributed by atoms with E-state index in [1.807, 2.05) is 11.0 Å². The van der Waals surface area contributed by atoms with Crippen LogP contribution in [-0.4, -0.2) is 24.5 Å². The zero-order valence-electron chi connectivity index (χ0n) is 12.3. The molecular weight excluding hydrogens is 248 g/mol. The van der Waals surface area contributed by atoms with Crippen molar-refractivity contribution in [3.63, 3.8) is 0 Å². The number of nitrogens with zero attached hydrogens (tertiary/aromatic N) is 1. The summed E-state index contributed by atoms with van der Waals surface area (Å²) in [5.41, 5.74) is 2.42. The lowest BCUT2D eigenvalue weighted by Gasteiger charge is -2.35. The molecule has 1 N–H and O–H groups in total. The molecule has 1 unspecified atom stereocenters. The van der Waals surface area contributed by atoms with Crippen molar-refractivity contribution < 1.29 is 4.79 Å². The summed E-state index contributed by atoms with van der Waals surface area (Å²) in [5, 5.41) is 3.44. The van der Waals surface area contributed by atoms with E-state index < -0.39 is 0 Å². The molecule has 1 aromatic rings. The van der Waals surface area contributed by atoms with E-state index in [1.165, 1.54) is 31.2 Å². The van der Waals surface area contributed by atoms with Crippen LogP contribution in [0.2, 0.25) is 0 Å². The first-order chi connectivity index (χ1) is 9.75. The minimum absolute atomic E-state index is 0.219. The number of hydrogen-bond donors (Lipinski definition) is 1. The number of nitrogens with one attached hydrogen (secondary N) is 1. The number of hydrogen-bond acceptors (Lipinski definition) is 2. The second-order valence-electron chi connectivity index (χ2n) is 6.14. The van der Waals surface area contributed by atoms with Gasteiger partial charge >= 0.3 is 0 Å². The molecular formula is C17H24N2O. The Morgan fingerprint density at radius 3 is 2.80 bits per heavy atom. The Bertz CT molecular complexity index is 480. The van der Waals surface area contributed by atoms with Gasteiger partial charge in [0, 0.05) is 17.8 Å². The van der Waals surface area contributed by atoms with E-state index in [0.717, 1.165) is 18.5 Å². The van der Waals surface area contributed by atoms with E-state index in [-0.39, 0.29) is 5.91 Å². The van der Waals surface area contributed by atoms with E-state index in [2.05, 4.69) is 30.4 Å². The minimum atomic E-state index is 0.219. The number of amides is 1. The topological polar surface area (TPSA) is 32.3 Å². The highest BCUT2D eigenvalue weighted by molar-refractivity contribution is 5.96. The third-order valence-corrected chi connectivity index (χ3v) is 4.69. The van der Waals surface area contributed by atoms with Gasteiger partial charge in [0.05, 0.1) is 6.54 Å². The van der Waals surface area contributed by atoms with Gasteiger partial charge in [-0.15, -0.1) is 0 Å². The third kappa shape index (κ3) is 2.73. The maximum Gasteiger partial charge on any atom is 0.241 e. The maximum atomic E-state index is 12.6. The predicted octanol–water partition coefficient (Wildman–Crippen LogP) is 2.89. The lowest BCUT2D eigenvalue weighted by molar-refractivity contribution is -0.118. The first kappa shape index (κ1) is 13.6. The van der Waals surface area contributed by atoms with E-state index in [9.17, 15) is 4.79 Å². The van der Waals surface area contributed by atoms with Crippen LogP contribution in [0.4, 0.5) is 5.69 Å². The molecule has 1 aromatic carbocycles. The fraction of sp³-hybridized carbons (Fsp3) is 0.588. The lowest BCUT2D eigenvalue weighted by atomic mass is 9.96. The molecule has 3 rings (SSSR count). The summed E-state index contributed by atoms with van der Waals surface area (Å²) in [6.07, 6.45) is 7.19. The van der Waals surface area contributed by atoms with Gasteiger partial charge in [-0.05, 0) is 44.2 Å². The van der Waals surface area contributed by atoms with Gasteiger partial charge in [0.2, 0.25) is 5.91 Å². The maximum absolute atomic E-state index is 12.6. The molecule has 0 radical (unpaired) electrons. The van der Waals surface area contributed by atoms with Gasteiger partial charge in [0.1, 0.15) is 0 Å². The van der Waals surface area contributed by atoms with Gasteiger partial charge in [-0.1, -0.05) is 31.0 Å². The first-order valence-electron chi connectivity index (χ1n) is 7.89.